The number of halogens is 3. The van der Waals surface area contributed by atoms with Crippen LogP contribution in [0.25, 0.3) is 28.5 Å². The van der Waals surface area contributed by atoms with Gasteiger partial charge in [-0.05, 0) is 12.1 Å². The van der Waals surface area contributed by atoms with Crippen molar-refractivity contribution in [2.75, 3.05) is 0 Å². The Labute approximate surface area is 144 Å². The first-order valence-corrected chi connectivity index (χ1v) is 7.09. The number of aromatic nitrogens is 4. The summed E-state index contributed by atoms with van der Waals surface area (Å²) in [5, 5.41) is 8.81. The van der Waals surface area contributed by atoms with Crippen LogP contribution in [-0.2, 0) is 11.0 Å². The van der Waals surface area contributed by atoms with Gasteiger partial charge in [-0.15, -0.1) is 0 Å². The smallest absolute Gasteiger partial charge is 0.366 e. The number of pyridine rings is 1. The summed E-state index contributed by atoms with van der Waals surface area (Å²) in [4.78, 5) is 25.6. The zero-order valence-corrected chi connectivity index (χ0v) is 12.9. The maximum Gasteiger partial charge on any atom is 0.419 e. The van der Waals surface area contributed by atoms with Crippen molar-refractivity contribution in [1.82, 2.24) is 19.9 Å². The van der Waals surface area contributed by atoms with Crippen molar-refractivity contribution in [3.63, 3.8) is 0 Å². The summed E-state index contributed by atoms with van der Waals surface area (Å²) in [6.45, 7) is 0. The van der Waals surface area contributed by atoms with Gasteiger partial charge in [-0.25, -0.2) is 15.0 Å². The molecule has 0 unspecified atom stereocenters. The van der Waals surface area contributed by atoms with Crippen LogP contribution < -0.4 is 5.73 Å². The summed E-state index contributed by atoms with van der Waals surface area (Å²) >= 11 is 0. The number of alkyl halides is 3. The molecule has 0 saturated carbocycles. The molecule has 3 N–H and O–H groups in total. The zero-order chi connectivity index (χ0) is 18.9. The van der Waals surface area contributed by atoms with E-state index in [-0.39, 0.29) is 11.3 Å². The van der Waals surface area contributed by atoms with Crippen molar-refractivity contribution >= 4 is 23.1 Å². The molecule has 0 bridgehead atoms. The SMILES string of the molecule is N#Cc1ncc(-c2cnc3[nH]cc(/C=C/C(N)=O)c3n2)cc1C(F)(F)F. The Morgan fingerprint density at radius 1 is 1.31 bits per heavy atom. The lowest BCUT2D eigenvalue weighted by Crippen LogP contribution is -2.09. The van der Waals surface area contributed by atoms with Crippen LogP contribution in [0.5, 0.6) is 0 Å². The van der Waals surface area contributed by atoms with Crippen LogP contribution in [0.3, 0.4) is 0 Å². The molecule has 10 heteroatoms. The Kier molecular flexibility index (Phi) is 4.13. The monoisotopic (exact) mass is 358 g/mol. The highest BCUT2D eigenvalue weighted by Gasteiger charge is 2.35. The van der Waals surface area contributed by atoms with E-state index in [0.29, 0.717) is 16.7 Å². The van der Waals surface area contributed by atoms with Gasteiger partial charge in [0.1, 0.15) is 11.6 Å². The average molecular weight is 358 g/mol. The van der Waals surface area contributed by atoms with E-state index in [2.05, 4.69) is 19.9 Å². The minimum absolute atomic E-state index is 0.0526. The predicted molar refractivity (Wildman–Crippen MR) is 85.1 cm³/mol. The fourth-order valence-electron chi connectivity index (χ4n) is 2.26. The van der Waals surface area contributed by atoms with Crippen molar-refractivity contribution in [3.8, 4) is 17.3 Å². The molecule has 0 aliphatic carbocycles. The third-order valence-corrected chi connectivity index (χ3v) is 3.43. The highest BCUT2D eigenvalue weighted by atomic mass is 19.4. The Hall–Kier alpha value is -3.74. The molecule has 0 radical (unpaired) electrons. The van der Waals surface area contributed by atoms with Crippen molar-refractivity contribution < 1.29 is 18.0 Å². The van der Waals surface area contributed by atoms with Crippen LogP contribution in [0.4, 0.5) is 13.2 Å². The van der Waals surface area contributed by atoms with Crippen LogP contribution in [0.1, 0.15) is 16.8 Å². The number of nitrogens with two attached hydrogens (primary N) is 1. The predicted octanol–water partition coefficient (Wildman–Crippen LogP) is 2.41. The van der Waals surface area contributed by atoms with E-state index in [1.807, 2.05) is 0 Å². The van der Waals surface area contributed by atoms with Crippen LogP contribution in [0, 0.1) is 11.3 Å². The van der Waals surface area contributed by atoms with Crippen molar-refractivity contribution in [2.45, 2.75) is 6.18 Å². The summed E-state index contributed by atoms with van der Waals surface area (Å²) in [6, 6.07) is 2.22. The molecule has 0 fully saturated rings. The molecule has 0 aromatic carbocycles. The van der Waals surface area contributed by atoms with Gasteiger partial charge in [0.15, 0.2) is 11.3 Å². The summed E-state index contributed by atoms with van der Waals surface area (Å²) in [5.41, 5.74) is 4.58. The molecule has 1 amide bonds. The highest BCUT2D eigenvalue weighted by molar-refractivity contribution is 5.93. The lowest BCUT2D eigenvalue weighted by atomic mass is 10.1. The normalized spacial score (nSPS) is 11.8. The molecule has 3 heterocycles. The zero-order valence-electron chi connectivity index (χ0n) is 12.9. The largest absolute Gasteiger partial charge is 0.419 e. The molecule has 3 rings (SSSR count). The number of carbonyl (C=O) groups is 1. The molecule has 0 spiro atoms. The second-order valence-corrected chi connectivity index (χ2v) is 5.16. The molecule has 26 heavy (non-hydrogen) atoms. The molecule has 0 atom stereocenters. The summed E-state index contributed by atoms with van der Waals surface area (Å²) in [7, 11) is 0. The third kappa shape index (κ3) is 3.23. The van der Waals surface area contributed by atoms with Gasteiger partial charge in [-0.2, -0.15) is 18.4 Å². The molecular formula is C16H9F3N6O. The number of aromatic amines is 1. The Bertz CT molecular complexity index is 1080. The summed E-state index contributed by atoms with van der Waals surface area (Å²) in [5.74, 6) is -0.658. The number of H-pyrrole nitrogens is 1. The fraction of sp³-hybridized carbons (Fsp3) is 0.0625. The Morgan fingerprint density at radius 3 is 2.73 bits per heavy atom. The standard InChI is InChI=1S/C16H9F3N6O/c17-16(18,19)10-3-9(6-22-11(10)4-20)12-7-24-15-14(25-12)8(5-23-15)1-2-13(21)26/h1-3,5-7H,(H2,21,26)(H,23,24)/b2-1+. The number of carbonyl (C=O) groups excluding carboxylic acids is 1. The first kappa shape index (κ1) is 17.1. The van der Waals surface area contributed by atoms with Gasteiger partial charge in [0, 0.05) is 29.6 Å². The first-order valence-electron chi connectivity index (χ1n) is 7.09. The third-order valence-electron chi connectivity index (χ3n) is 3.43. The Morgan fingerprint density at radius 2 is 2.08 bits per heavy atom. The van der Waals surface area contributed by atoms with Crippen LogP contribution in [-0.4, -0.2) is 25.8 Å². The van der Waals surface area contributed by atoms with E-state index < -0.39 is 23.3 Å². The number of fused-ring (bicyclic) bond motifs is 1. The molecule has 0 aliphatic rings. The first-order chi connectivity index (χ1) is 12.3. The highest BCUT2D eigenvalue weighted by Crippen LogP contribution is 2.33. The quantitative estimate of drug-likeness (QED) is 0.696. The van der Waals surface area contributed by atoms with Gasteiger partial charge in [-0.3, -0.25) is 4.79 Å². The van der Waals surface area contributed by atoms with Gasteiger partial charge in [0.25, 0.3) is 0 Å². The minimum atomic E-state index is -4.73. The fourth-order valence-corrected chi connectivity index (χ4v) is 2.26. The maximum absolute atomic E-state index is 13.1. The van der Waals surface area contributed by atoms with E-state index in [9.17, 15) is 18.0 Å². The van der Waals surface area contributed by atoms with Gasteiger partial charge in [-0.1, -0.05) is 0 Å². The molecule has 130 valence electrons. The summed E-state index contributed by atoms with van der Waals surface area (Å²) < 4.78 is 39.3. The van der Waals surface area contributed by atoms with Crippen molar-refractivity contribution in [1.29, 1.82) is 5.26 Å². The molecule has 3 aromatic rings. The number of nitrogens with zero attached hydrogens (tertiary/aromatic N) is 4. The number of rotatable bonds is 3. The second kappa shape index (κ2) is 6.29. The van der Waals surface area contributed by atoms with E-state index in [1.165, 1.54) is 24.5 Å². The lowest BCUT2D eigenvalue weighted by molar-refractivity contribution is -0.138. The number of amides is 1. The average Bonchev–Trinajstić information content (AvgIpc) is 3.00. The number of nitrogens with one attached hydrogen (secondary N) is 1. The summed E-state index contributed by atoms with van der Waals surface area (Å²) in [6.07, 6.45) is 1.75. The van der Waals surface area contributed by atoms with E-state index in [4.69, 9.17) is 11.0 Å². The Balaban J connectivity index is 2.13. The number of hydrogen-bond acceptors (Lipinski definition) is 5. The lowest BCUT2D eigenvalue weighted by Gasteiger charge is -2.09. The van der Waals surface area contributed by atoms with Crippen LogP contribution >= 0.6 is 0 Å². The second-order valence-electron chi connectivity index (χ2n) is 5.16. The van der Waals surface area contributed by atoms with E-state index in [1.54, 1.807) is 0 Å². The van der Waals surface area contributed by atoms with Gasteiger partial charge < -0.3 is 10.7 Å². The molecule has 3 aromatic heterocycles. The molecular weight excluding hydrogens is 349 g/mol. The van der Waals surface area contributed by atoms with Crippen LogP contribution in [0.2, 0.25) is 0 Å². The van der Waals surface area contributed by atoms with E-state index >= 15 is 0 Å². The van der Waals surface area contributed by atoms with Gasteiger partial charge >= 0.3 is 6.18 Å². The van der Waals surface area contributed by atoms with E-state index in [0.717, 1.165) is 18.3 Å². The number of hydrogen-bond donors (Lipinski definition) is 2. The van der Waals surface area contributed by atoms with Crippen molar-refractivity contribution in [3.05, 3.63) is 47.6 Å². The topological polar surface area (TPSA) is 121 Å². The molecule has 0 aliphatic heterocycles. The van der Waals surface area contributed by atoms with Crippen LogP contribution in [0.15, 0.2) is 30.7 Å². The number of primary amides is 1. The number of nitriles is 1. The maximum atomic E-state index is 13.1. The molecule has 0 saturated heterocycles. The van der Waals surface area contributed by atoms with Gasteiger partial charge in [0.05, 0.1) is 17.5 Å². The molecule has 7 nitrogen and oxygen atoms in total. The van der Waals surface area contributed by atoms with Gasteiger partial charge in [0.2, 0.25) is 5.91 Å². The minimum Gasteiger partial charge on any atom is -0.366 e. The van der Waals surface area contributed by atoms with Crippen molar-refractivity contribution in [2.24, 2.45) is 5.73 Å².